The second-order valence-corrected chi connectivity index (χ2v) is 4.92. The average Bonchev–Trinajstić information content (AvgIpc) is 3.05. The number of nitrogens with one attached hydrogen (secondary N) is 1. The zero-order chi connectivity index (χ0) is 12.0. The van der Waals surface area contributed by atoms with E-state index in [1.807, 2.05) is 11.9 Å². The Morgan fingerprint density at radius 2 is 1.94 bits per heavy atom. The molecule has 0 aliphatic heterocycles. The third kappa shape index (κ3) is 5.47. The number of amides is 1. The number of likely N-dealkylation sites (N-methyl/N-ethyl adjacent to an activating group) is 1. The number of hydrogen-bond acceptors (Lipinski definition) is 3. The van der Waals surface area contributed by atoms with E-state index in [-0.39, 0.29) is 5.91 Å². The van der Waals surface area contributed by atoms with Crippen LogP contribution in [0.2, 0.25) is 0 Å². The van der Waals surface area contributed by atoms with Crippen LogP contribution in [-0.2, 0) is 4.79 Å². The van der Waals surface area contributed by atoms with Crippen LogP contribution in [0.15, 0.2) is 0 Å². The number of hydrogen-bond donors (Lipinski definition) is 1. The highest BCUT2D eigenvalue weighted by Gasteiger charge is 2.28. The maximum atomic E-state index is 11.6. The van der Waals surface area contributed by atoms with Gasteiger partial charge in [0.25, 0.3) is 0 Å². The summed E-state index contributed by atoms with van der Waals surface area (Å²) in [5.41, 5.74) is 0. The van der Waals surface area contributed by atoms with Gasteiger partial charge in [-0.2, -0.15) is 0 Å². The molecule has 0 aromatic carbocycles. The van der Waals surface area contributed by atoms with Crippen molar-refractivity contribution in [2.45, 2.75) is 31.7 Å². The van der Waals surface area contributed by atoms with Crippen LogP contribution in [0, 0.1) is 0 Å². The lowest BCUT2D eigenvalue weighted by molar-refractivity contribution is -0.129. The fourth-order valence-electron chi connectivity index (χ4n) is 1.66. The van der Waals surface area contributed by atoms with Gasteiger partial charge in [-0.1, -0.05) is 0 Å². The van der Waals surface area contributed by atoms with E-state index in [2.05, 4.69) is 24.3 Å². The summed E-state index contributed by atoms with van der Waals surface area (Å²) in [4.78, 5) is 15.7. The number of nitrogens with zero attached hydrogens (tertiary/aromatic N) is 2. The van der Waals surface area contributed by atoms with Gasteiger partial charge in [0.15, 0.2) is 0 Å². The van der Waals surface area contributed by atoms with E-state index in [1.54, 1.807) is 0 Å². The molecule has 0 saturated heterocycles. The molecule has 0 spiro atoms. The maximum Gasteiger partial charge on any atom is 0.236 e. The van der Waals surface area contributed by atoms with Gasteiger partial charge in [0, 0.05) is 13.1 Å². The molecule has 1 amide bonds. The summed E-state index contributed by atoms with van der Waals surface area (Å²) in [6, 6.07) is 0.531. The lowest BCUT2D eigenvalue weighted by atomic mass is 10.3. The van der Waals surface area contributed by atoms with Crippen LogP contribution in [0.5, 0.6) is 0 Å². The Morgan fingerprint density at radius 1 is 1.25 bits per heavy atom. The summed E-state index contributed by atoms with van der Waals surface area (Å²) in [6.07, 6.45) is 4.70. The fourth-order valence-corrected chi connectivity index (χ4v) is 1.66. The van der Waals surface area contributed by atoms with E-state index in [9.17, 15) is 4.79 Å². The van der Waals surface area contributed by atoms with E-state index in [4.69, 9.17) is 0 Å². The Labute approximate surface area is 99.0 Å². The summed E-state index contributed by atoms with van der Waals surface area (Å²) in [6.45, 7) is 2.56. The van der Waals surface area contributed by atoms with Crippen LogP contribution in [-0.4, -0.2) is 62.5 Å². The van der Waals surface area contributed by atoms with E-state index in [1.165, 1.54) is 19.3 Å². The summed E-state index contributed by atoms with van der Waals surface area (Å²) < 4.78 is 0. The zero-order valence-electron chi connectivity index (χ0n) is 10.8. The quantitative estimate of drug-likeness (QED) is 0.615. The normalized spacial score (nSPS) is 15.5. The second kappa shape index (κ2) is 6.86. The first kappa shape index (κ1) is 13.5. The van der Waals surface area contributed by atoms with Crippen LogP contribution < -0.4 is 5.32 Å². The minimum Gasteiger partial charge on any atom is -0.342 e. The molecule has 4 heteroatoms. The fraction of sp³-hybridized carbons (Fsp3) is 0.917. The lowest BCUT2D eigenvalue weighted by Gasteiger charge is -2.16. The lowest BCUT2D eigenvalue weighted by Crippen LogP contribution is -2.37. The van der Waals surface area contributed by atoms with Gasteiger partial charge in [0.1, 0.15) is 0 Å². The van der Waals surface area contributed by atoms with Crippen LogP contribution in [0.1, 0.15) is 25.7 Å². The van der Waals surface area contributed by atoms with Crippen molar-refractivity contribution >= 4 is 5.91 Å². The maximum absolute atomic E-state index is 11.6. The Hall–Kier alpha value is -0.610. The molecule has 0 radical (unpaired) electrons. The molecule has 0 atom stereocenters. The van der Waals surface area contributed by atoms with Gasteiger partial charge < -0.3 is 15.1 Å². The van der Waals surface area contributed by atoms with Crippen molar-refractivity contribution in [1.29, 1.82) is 0 Å². The van der Waals surface area contributed by atoms with E-state index in [0.717, 1.165) is 19.5 Å². The molecule has 4 nitrogen and oxygen atoms in total. The molecule has 16 heavy (non-hydrogen) atoms. The minimum absolute atomic E-state index is 0.232. The zero-order valence-corrected chi connectivity index (χ0v) is 10.8. The van der Waals surface area contributed by atoms with Gasteiger partial charge in [-0.25, -0.2) is 0 Å². The van der Waals surface area contributed by atoms with Crippen molar-refractivity contribution in [1.82, 2.24) is 15.1 Å². The molecule has 1 saturated carbocycles. The molecular weight excluding hydrogens is 202 g/mol. The largest absolute Gasteiger partial charge is 0.342 e. The van der Waals surface area contributed by atoms with Gasteiger partial charge in [-0.05, 0) is 52.9 Å². The molecule has 1 fully saturated rings. The van der Waals surface area contributed by atoms with Crippen LogP contribution in [0.3, 0.4) is 0 Å². The molecule has 94 valence electrons. The van der Waals surface area contributed by atoms with Gasteiger partial charge in [0.2, 0.25) is 5.91 Å². The van der Waals surface area contributed by atoms with E-state index >= 15 is 0 Å². The second-order valence-electron chi connectivity index (χ2n) is 4.92. The highest BCUT2D eigenvalue weighted by molar-refractivity contribution is 5.78. The highest BCUT2D eigenvalue weighted by atomic mass is 16.2. The van der Waals surface area contributed by atoms with Gasteiger partial charge in [-0.3, -0.25) is 4.79 Å². The molecule has 1 aliphatic carbocycles. The predicted octanol–water partition coefficient (Wildman–Crippen LogP) is 0.539. The molecule has 0 aromatic rings. The minimum atomic E-state index is 0.232. The third-order valence-corrected chi connectivity index (χ3v) is 2.97. The third-order valence-electron chi connectivity index (χ3n) is 2.97. The van der Waals surface area contributed by atoms with Crippen molar-refractivity contribution in [2.75, 3.05) is 40.8 Å². The molecule has 0 aromatic heterocycles. The van der Waals surface area contributed by atoms with Crippen molar-refractivity contribution in [2.24, 2.45) is 0 Å². The van der Waals surface area contributed by atoms with E-state index in [0.29, 0.717) is 12.6 Å². The van der Waals surface area contributed by atoms with Crippen molar-refractivity contribution in [3.8, 4) is 0 Å². The highest BCUT2D eigenvalue weighted by Crippen LogP contribution is 2.24. The Balaban J connectivity index is 1.92. The van der Waals surface area contributed by atoms with Crippen molar-refractivity contribution in [3.05, 3.63) is 0 Å². The predicted molar refractivity (Wildman–Crippen MR) is 66.4 cm³/mol. The molecule has 1 aliphatic rings. The van der Waals surface area contributed by atoms with Crippen LogP contribution in [0.4, 0.5) is 0 Å². The van der Waals surface area contributed by atoms with Crippen LogP contribution >= 0.6 is 0 Å². The average molecular weight is 227 g/mol. The van der Waals surface area contributed by atoms with Gasteiger partial charge in [0.05, 0.1) is 6.54 Å². The van der Waals surface area contributed by atoms with Gasteiger partial charge >= 0.3 is 0 Å². The number of carbonyl (C=O) groups excluding carboxylic acids is 1. The molecule has 0 heterocycles. The SMILES string of the molecule is CN(C)CCCCNCC(=O)N(C)C1CC1. The first-order valence-electron chi connectivity index (χ1n) is 6.22. The molecule has 1 N–H and O–H groups in total. The van der Waals surface area contributed by atoms with Gasteiger partial charge in [-0.15, -0.1) is 0 Å². The van der Waals surface area contributed by atoms with Crippen molar-refractivity contribution < 1.29 is 4.79 Å². The molecular formula is C12H25N3O. The first-order chi connectivity index (χ1) is 7.61. The standard InChI is InChI=1S/C12H25N3O/c1-14(2)9-5-4-8-13-10-12(16)15(3)11-6-7-11/h11,13H,4-10H2,1-3H3. The smallest absolute Gasteiger partial charge is 0.236 e. The number of rotatable bonds is 8. The molecule has 0 unspecified atom stereocenters. The van der Waals surface area contributed by atoms with Crippen LogP contribution in [0.25, 0.3) is 0 Å². The number of carbonyl (C=O) groups is 1. The first-order valence-corrected chi connectivity index (χ1v) is 6.22. The molecule has 0 bridgehead atoms. The Kier molecular flexibility index (Phi) is 5.77. The number of unbranched alkanes of at least 4 members (excludes halogenated alkanes) is 1. The Morgan fingerprint density at radius 3 is 2.50 bits per heavy atom. The molecule has 1 rings (SSSR count). The monoisotopic (exact) mass is 227 g/mol. The topological polar surface area (TPSA) is 35.6 Å². The summed E-state index contributed by atoms with van der Waals surface area (Å²) in [5, 5.41) is 3.21. The van der Waals surface area contributed by atoms with Crippen molar-refractivity contribution in [3.63, 3.8) is 0 Å². The summed E-state index contributed by atoms with van der Waals surface area (Å²) in [5.74, 6) is 0.232. The summed E-state index contributed by atoms with van der Waals surface area (Å²) in [7, 11) is 6.08. The Bertz CT molecular complexity index is 214. The van der Waals surface area contributed by atoms with E-state index < -0.39 is 0 Å². The summed E-state index contributed by atoms with van der Waals surface area (Å²) >= 11 is 0.